The molecule has 0 unspecified atom stereocenters. The number of anilines is 1. The molecule has 1 aliphatic heterocycles. The molecular weight excluding hydrogens is 326 g/mol. The van der Waals surface area contributed by atoms with Gasteiger partial charge >= 0.3 is 0 Å². The Labute approximate surface area is 150 Å². The van der Waals surface area contributed by atoms with Gasteiger partial charge in [0.05, 0.1) is 5.52 Å². The Hall–Kier alpha value is -2.96. The van der Waals surface area contributed by atoms with Crippen molar-refractivity contribution in [2.24, 2.45) is 0 Å². The Kier molecular flexibility index (Phi) is 2.75. The first-order valence-corrected chi connectivity index (χ1v) is 9.22. The van der Waals surface area contributed by atoms with Crippen LogP contribution < -0.4 is 4.90 Å². The van der Waals surface area contributed by atoms with Crippen molar-refractivity contribution in [3.63, 3.8) is 0 Å². The number of fused-ring (bicyclic) bond motifs is 2. The van der Waals surface area contributed by atoms with Gasteiger partial charge in [0.2, 0.25) is 0 Å². The second-order valence-corrected chi connectivity index (χ2v) is 7.27. The maximum atomic E-state index is 4.65. The van der Waals surface area contributed by atoms with Crippen molar-refractivity contribution in [2.45, 2.75) is 32.2 Å². The summed E-state index contributed by atoms with van der Waals surface area (Å²) in [4.78, 5) is 16.2. The van der Waals surface area contributed by atoms with Gasteiger partial charge in [0.15, 0.2) is 11.5 Å². The normalized spacial score (nSPS) is 17.2. The lowest BCUT2D eigenvalue weighted by atomic mass is 10.1. The summed E-state index contributed by atoms with van der Waals surface area (Å²) < 4.78 is 4.26. The highest BCUT2D eigenvalue weighted by Gasteiger charge is 2.28. The number of aromatic nitrogens is 6. The molecule has 6 rings (SSSR count). The van der Waals surface area contributed by atoms with E-state index in [1.807, 2.05) is 16.9 Å². The monoisotopic (exact) mass is 345 g/mol. The maximum absolute atomic E-state index is 4.65. The van der Waals surface area contributed by atoms with Crippen molar-refractivity contribution < 1.29 is 0 Å². The van der Waals surface area contributed by atoms with Gasteiger partial charge < -0.3 is 9.47 Å². The Morgan fingerprint density at radius 1 is 1.15 bits per heavy atom. The smallest absolute Gasteiger partial charge is 0.177 e. The van der Waals surface area contributed by atoms with E-state index in [1.54, 1.807) is 6.33 Å². The van der Waals surface area contributed by atoms with Gasteiger partial charge in [-0.3, -0.25) is 0 Å². The van der Waals surface area contributed by atoms with Crippen LogP contribution in [0.25, 0.3) is 27.8 Å². The van der Waals surface area contributed by atoms with Crippen LogP contribution in [0.5, 0.6) is 0 Å². The Balaban J connectivity index is 1.58. The molecule has 0 radical (unpaired) electrons. The third-order valence-corrected chi connectivity index (χ3v) is 5.54. The van der Waals surface area contributed by atoms with Crippen LogP contribution in [0, 0.1) is 6.92 Å². The average Bonchev–Trinajstić information content (AvgIpc) is 3.23. The number of rotatable bonds is 3. The Bertz CT molecular complexity index is 1150. The average molecular weight is 345 g/mol. The van der Waals surface area contributed by atoms with Crippen LogP contribution in [-0.4, -0.2) is 42.2 Å². The van der Waals surface area contributed by atoms with E-state index in [2.05, 4.69) is 48.6 Å². The molecule has 7 heteroatoms. The minimum atomic E-state index is 0.586. The zero-order valence-corrected chi connectivity index (χ0v) is 14.6. The molecule has 0 aromatic carbocycles. The highest BCUT2D eigenvalue weighted by atomic mass is 15.3. The zero-order chi connectivity index (χ0) is 17.3. The topological polar surface area (TPSA) is 64.1 Å². The number of nitrogens with zero attached hydrogens (tertiary/aromatic N) is 7. The SMILES string of the molecule is Cc1nc2ncc(-c3ccn4ncnc(N5CCC5)c34)cc2n1C1CC1. The van der Waals surface area contributed by atoms with Gasteiger partial charge in [-0.2, -0.15) is 5.10 Å². The summed E-state index contributed by atoms with van der Waals surface area (Å²) >= 11 is 0. The third kappa shape index (κ3) is 1.94. The molecule has 7 nitrogen and oxygen atoms in total. The minimum Gasteiger partial charge on any atom is -0.355 e. The van der Waals surface area contributed by atoms with E-state index >= 15 is 0 Å². The van der Waals surface area contributed by atoms with E-state index in [0.717, 1.165) is 52.5 Å². The van der Waals surface area contributed by atoms with Crippen molar-refractivity contribution in [2.75, 3.05) is 18.0 Å². The number of hydrogen-bond acceptors (Lipinski definition) is 5. The van der Waals surface area contributed by atoms with Crippen molar-refractivity contribution in [1.82, 2.24) is 29.1 Å². The maximum Gasteiger partial charge on any atom is 0.177 e. The Morgan fingerprint density at radius 3 is 2.81 bits per heavy atom. The van der Waals surface area contributed by atoms with Gasteiger partial charge in [-0.25, -0.2) is 19.5 Å². The van der Waals surface area contributed by atoms with Crippen LogP contribution in [0.2, 0.25) is 0 Å². The molecule has 1 saturated carbocycles. The van der Waals surface area contributed by atoms with Crippen LogP contribution in [0.3, 0.4) is 0 Å². The number of pyridine rings is 1. The molecule has 0 amide bonds. The molecule has 1 saturated heterocycles. The van der Waals surface area contributed by atoms with Crippen LogP contribution >= 0.6 is 0 Å². The minimum absolute atomic E-state index is 0.586. The number of aryl methyl sites for hydroxylation is 1. The number of hydrogen-bond donors (Lipinski definition) is 0. The first-order valence-electron chi connectivity index (χ1n) is 9.22. The molecule has 2 aliphatic rings. The van der Waals surface area contributed by atoms with Crippen LogP contribution in [0.1, 0.15) is 31.1 Å². The van der Waals surface area contributed by atoms with Gasteiger partial charge in [-0.1, -0.05) is 0 Å². The second kappa shape index (κ2) is 5.03. The summed E-state index contributed by atoms with van der Waals surface area (Å²) in [5.41, 5.74) is 5.24. The molecule has 0 spiro atoms. The highest BCUT2D eigenvalue weighted by Crippen LogP contribution is 2.39. The first kappa shape index (κ1) is 14.2. The molecular formula is C19H19N7. The summed E-state index contributed by atoms with van der Waals surface area (Å²) in [6, 6.07) is 4.92. The fourth-order valence-electron chi connectivity index (χ4n) is 3.96. The van der Waals surface area contributed by atoms with Gasteiger partial charge in [-0.05, 0) is 38.3 Å². The van der Waals surface area contributed by atoms with Gasteiger partial charge in [-0.15, -0.1) is 0 Å². The molecule has 26 heavy (non-hydrogen) atoms. The van der Waals surface area contributed by atoms with Crippen molar-refractivity contribution in [3.05, 3.63) is 36.7 Å². The lowest BCUT2D eigenvalue weighted by molar-refractivity contribution is 0.608. The van der Waals surface area contributed by atoms with E-state index in [-0.39, 0.29) is 0 Å². The molecule has 0 N–H and O–H groups in total. The standard InChI is InChI=1S/C19H19N7/c1-12-23-18-16(26(12)14-3-4-14)9-13(10-20-18)15-5-8-25-17(15)19(21-11-22-25)24-6-2-7-24/h5,8-11,14H,2-4,6-7H2,1H3. The molecule has 2 fully saturated rings. The fraction of sp³-hybridized carbons (Fsp3) is 0.368. The first-order chi connectivity index (χ1) is 12.8. The highest BCUT2D eigenvalue weighted by molar-refractivity contribution is 5.91. The van der Waals surface area contributed by atoms with E-state index in [9.17, 15) is 0 Å². The molecule has 130 valence electrons. The zero-order valence-electron chi connectivity index (χ0n) is 14.6. The van der Waals surface area contributed by atoms with Crippen LogP contribution in [-0.2, 0) is 0 Å². The molecule has 0 bridgehead atoms. The molecule has 0 atom stereocenters. The predicted octanol–water partition coefficient (Wildman–Crippen LogP) is 2.99. The Morgan fingerprint density at radius 2 is 2.04 bits per heavy atom. The molecule has 1 aliphatic carbocycles. The van der Waals surface area contributed by atoms with Gasteiger partial charge in [0.1, 0.15) is 17.7 Å². The predicted molar refractivity (Wildman–Crippen MR) is 99.3 cm³/mol. The van der Waals surface area contributed by atoms with Crippen molar-refractivity contribution >= 4 is 22.5 Å². The lowest BCUT2D eigenvalue weighted by Gasteiger charge is -2.32. The van der Waals surface area contributed by atoms with Crippen molar-refractivity contribution in [1.29, 1.82) is 0 Å². The van der Waals surface area contributed by atoms with E-state index in [4.69, 9.17) is 0 Å². The fourth-order valence-corrected chi connectivity index (χ4v) is 3.96. The number of imidazole rings is 1. The largest absolute Gasteiger partial charge is 0.355 e. The third-order valence-electron chi connectivity index (χ3n) is 5.54. The van der Waals surface area contributed by atoms with Crippen LogP contribution in [0.15, 0.2) is 30.9 Å². The summed E-state index contributed by atoms with van der Waals surface area (Å²) in [5, 5.41) is 4.39. The second-order valence-electron chi connectivity index (χ2n) is 7.27. The summed E-state index contributed by atoms with van der Waals surface area (Å²) in [6.07, 6.45) is 9.26. The van der Waals surface area contributed by atoms with Crippen molar-refractivity contribution in [3.8, 4) is 11.1 Å². The van der Waals surface area contributed by atoms with E-state index < -0.39 is 0 Å². The lowest BCUT2D eigenvalue weighted by Crippen LogP contribution is -2.38. The van der Waals surface area contributed by atoms with E-state index in [0.29, 0.717) is 6.04 Å². The molecule has 4 aromatic rings. The van der Waals surface area contributed by atoms with Gasteiger partial charge in [0, 0.05) is 42.7 Å². The van der Waals surface area contributed by atoms with Gasteiger partial charge in [0.25, 0.3) is 0 Å². The molecule has 4 aromatic heterocycles. The summed E-state index contributed by atoms with van der Waals surface area (Å²) in [5.74, 6) is 2.07. The van der Waals surface area contributed by atoms with Crippen LogP contribution in [0.4, 0.5) is 5.82 Å². The molecule has 5 heterocycles. The quantitative estimate of drug-likeness (QED) is 0.571. The summed E-state index contributed by atoms with van der Waals surface area (Å²) in [7, 11) is 0. The summed E-state index contributed by atoms with van der Waals surface area (Å²) in [6.45, 7) is 4.19. The van der Waals surface area contributed by atoms with E-state index in [1.165, 1.54) is 19.3 Å².